The second-order valence-corrected chi connectivity index (χ2v) is 7.57. The second kappa shape index (κ2) is 8.16. The third-order valence-corrected chi connectivity index (χ3v) is 4.39. The quantitative estimate of drug-likeness (QED) is 0.867. The van der Waals surface area contributed by atoms with E-state index in [0.717, 1.165) is 58.0 Å². The van der Waals surface area contributed by atoms with Gasteiger partial charge in [-0.2, -0.15) is 0 Å². The van der Waals surface area contributed by atoms with Gasteiger partial charge >= 0.3 is 6.09 Å². The minimum absolute atomic E-state index is 0.170. The molecule has 0 saturated carbocycles. The highest BCUT2D eigenvalue weighted by Crippen LogP contribution is 2.17. The molecular weight excluding hydrogens is 280 g/mol. The van der Waals surface area contributed by atoms with E-state index in [-0.39, 0.29) is 6.09 Å². The summed E-state index contributed by atoms with van der Waals surface area (Å²) in [5.41, 5.74) is -0.412. The topological polar surface area (TPSA) is 50.8 Å². The molecule has 0 bridgehead atoms. The maximum absolute atomic E-state index is 12.1. The third-order valence-electron chi connectivity index (χ3n) is 4.39. The molecule has 0 spiro atoms. The standard InChI is InChI=1S/C17H32N2O3/c1-17(2,3)22-16(20)19-10-4-5-15(7-11-19)18-9-6-14-8-12-21-13-14/h14-15,18H,4-13H2,1-3H3. The predicted octanol–water partition coefficient (Wildman–Crippen LogP) is 2.79. The summed E-state index contributed by atoms with van der Waals surface area (Å²) in [6, 6.07) is 0.523. The van der Waals surface area contributed by atoms with Crippen LogP contribution in [0.1, 0.15) is 52.9 Å². The van der Waals surface area contributed by atoms with Crippen LogP contribution in [0.15, 0.2) is 0 Å². The third kappa shape index (κ3) is 6.13. The van der Waals surface area contributed by atoms with Crippen LogP contribution < -0.4 is 5.32 Å². The van der Waals surface area contributed by atoms with Gasteiger partial charge in [-0.1, -0.05) is 0 Å². The number of hydrogen-bond donors (Lipinski definition) is 1. The summed E-state index contributed by atoms with van der Waals surface area (Å²) in [4.78, 5) is 14.0. The zero-order valence-electron chi connectivity index (χ0n) is 14.4. The normalized spacial score (nSPS) is 26.8. The fraction of sp³-hybridized carbons (Fsp3) is 0.941. The van der Waals surface area contributed by atoms with Crippen LogP contribution in [-0.2, 0) is 9.47 Å². The number of ether oxygens (including phenoxy) is 2. The molecule has 2 atom stereocenters. The molecule has 2 rings (SSSR count). The summed E-state index contributed by atoms with van der Waals surface area (Å²) in [5.74, 6) is 0.733. The minimum atomic E-state index is -0.412. The molecule has 2 aliphatic heterocycles. The van der Waals surface area contributed by atoms with Crippen LogP contribution >= 0.6 is 0 Å². The zero-order valence-corrected chi connectivity index (χ0v) is 14.4. The number of carbonyl (C=O) groups excluding carboxylic acids is 1. The monoisotopic (exact) mass is 312 g/mol. The van der Waals surface area contributed by atoms with E-state index < -0.39 is 5.60 Å². The van der Waals surface area contributed by atoms with Crippen molar-refractivity contribution in [2.24, 2.45) is 5.92 Å². The Kier molecular flexibility index (Phi) is 6.50. The number of carbonyl (C=O) groups is 1. The van der Waals surface area contributed by atoms with Gasteiger partial charge in [0.15, 0.2) is 0 Å². The number of amides is 1. The van der Waals surface area contributed by atoms with Gasteiger partial charge in [0.2, 0.25) is 0 Å². The average molecular weight is 312 g/mol. The van der Waals surface area contributed by atoms with Crippen molar-refractivity contribution in [1.29, 1.82) is 0 Å². The lowest BCUT2D eigenvalue weighted by molar-refractivity contribution is 0.0256. The van der Waals surface area contributed by atoms with Crippen molar-refractivity contribution in [3.05, 3.63) is 0 Å². The maximum Gasteiger partial charge on any atom is 0.410 e. The summed E-state index contributed by atoms with van der Waals surface area (Å²) >= 11 is 0. The number of nitrogens with zero attached hydrogens (tertiary/aromatic N) is 1. The van der Waals surface area contributed by atoms with Gasteiger partial charge in [0.1, 0.15) is 5.60 Å². The largest absolute Gasteiger partial charge is 0.444 e. The fourth-order valence-electron chi connectivity index (χ4n) is 3.11. The van der Waals surface area contributed by atoms with E-state index in [9.17, 15) is 4.79 Å². The maximum atomic E-state index is 12.1. The summed E-state index contributed by atoms with van der Waals surface area (Å²) in [7, 11) is 0. The van der Waals surface area contributed by atoms with Crippen LogP contribution in [0.2, 0.25) is 0 Å². The van der Waals surface area contributed by atoms with Crippen molar-refractivity contribution in [3.63, 3.8) is 0 Å². The minimum Gasteiger partial charge on any atom is -0.444 e. The van der Waals surface area contributed by atoms with Gasteiger partial charge in [0, 0.05) is 32.3 Å². The molecule has 5 heteroatoms. The Morgan fingerprint density at radius 2 is 2.09 bits per heavy atom. The predicted molar refractivity (Wildman–Crippen MR) is 87.0 cm³/mol. The molecule has 0 aliphatic carbocycles. The highest BCUT2D eigenvalue weighted by atomic mass is 16.6. The van der Waals surface area contributed by atoms with Gasteiger partial charge in [0.25, 0.3) is 0 Å². The van der Waals surface area contributed by atoms with Crippen LogP contribution in [0.4, 0.5) is 4.79 Å². The molecule has 0 radical (unpaired) electrons. The molecule has 2 heterocycles. The Balaban J connectivity index is 1.66. The first-order valence-corrected chi connectivity index (χ1v) is 8.73. The molecule has 0 aromatic carbocycles. The average Bonchev–Trinajstić information content (AvgIpc) is 2.81. The number of rotatable bonds is 4. The molecule has 2 unspecified atom stereocenters. The Morgan fingerprint density at radius 1 is 1.27 bits per heavy atom. The van der Waals surface area contributed by atoms with E-state index in [0.29, 0.717) is 6.04 Å². The highest BCUT2D eigenvalue weighted by Gasteiger charge is 2.25. The van der Waals surface area contributed by atoms with Gasteiger partial charge in [-0.3, -0.25) is 0 Å². The summed E-state index contributed by atoms with van der Waals surface area (Å²) in [6.45, 7) is 10.3. The number of hydrogen-bond acceptors (Lipinski definition) is 4. The molecule has 1 N–H and O–H groups in total. The van der Waals surface area contributed by atoms with Crippen LogP contribution in [0.25, 0.3) is 0 Å². The fourth-order valence-corrected chi connectivity index (χ4v) is 3.11. The first kappa shape index (κ1) is 17.5. The van der Waals surface area contributed by atoms with E-state index in [2.05, 4.69) is 5.32 Å². The van der Waals surface area contributed by atoms with Gasteiger partial charge in [-0.25, -0.2) is 4.79 Å². The highest BCUT2D eigenvalue weighted by molar-refractivity contribution is 5.68. The molecule has 5 nitrogen and oxygen atoms in total. The molecule has 0 aromatic heterocycles. The van der Waals surface area contributed by atoms with Gasteiger partial charge in [-0.05, 0) is 65.3 Å². The molecule has 128 valence electrons. The Morgan fingerprint density at radius 3 is 2.77 bits per heavy atom. The Bertz CT molecular complexity index is 348. The van der Waals surface area contributed by atoms with Crippen LogP contribution in [0.5, 0.6) is 0 Å². The van der Waals surface area contributed by atoms with E-state index in [1.54, 1.807) is 0 Å². The first-order valence-electron chi connectivity index (χ1n) is 8.73. The smallest absolute Gasteiger partial charge is 0.410 e. The van der Waals surface area contributed by atoms with Crippen molar-refractivity contribution in [1.82, 2.24) is 10.2 Å². The lowest BCUT2D eigenvalue weighted by Crippen LogP contribution is -2.38. The first-order chi connectivity index (χ1) is 10.4. The number of nitrogens with one attached hydrogen (secondary N) is 1. The molecule has 1 amide bonds. The van der Waals surface area contributed by atoms with E-state index in [4.69, 9.17) is 9.47 Å². The summed E-state index contributed by atoms with van der Waals surface area (Å²) in [6.07, 6.45) is 5.44. The summed E-state index contributed by atoms with van der Waals surface area (Å²) < 4.78 is 10.9. The lowest BCUT2D eigenvalue weighted by atomic mass is 10.0. The van der Waals surface area contributed by atoms with Crippen LogP contribution in [-0.4, -0.2) is 55.5 Å². The van der Waals surface area contributed by atoms with Gasteiger partial charge < -0.3 is 19.7 Å². The Labute approximate surface area is 134 Å². The molecule has 0 aromatic rings. The zero-order chi connectivity index (χ0) is 16.0. The van der Waals surface area contributed by atoms with Crippen molar-refractivity contribution >= 4 is 6.09 Å². The molecule has 2 saturated heterocycles. The molecule has 2 aliphatic rings. The SMILES string of the molecule is CC(C)(C)OC(=O)N1CCCC(NCCC2CCOC2)CC1. The number of likely N-dealkylation sites (tertiary alicyclic amines) is 1. The van der Waals surface area contributed by atoms with E-state index in [1.165, 1.54) is 12.8 Å². The lowest BCUT2D eigenvalue weighted by Gasteiger charge is -2.26. The van der Waals surface area contributed by atoms with Gasteiger partial charge in [0.05, 0.1) is 0 Å². The van der Waals surface area contributed by atoms with Crippen LogP contribution in [0, 0.1) is 5.92 Å². The van der Waals surface area contributed by atoms with E-state index in [1.807, 2.05) is 25.7 Å². The molecule has 22 heavy (non-hydrogen) atoms. The van der Waals surface area contributed by atoms with Gasteiger partial charge in [-0.15, -0.1) is 0 Å². The van der Waals surface area contributed by atoms with Crippen molar-refractivity contribution in [3.8, 4) is 0 Å². The van der Waals surface area contributed by atoms with Crippen LogP contribution in [0.3, 0.4) is 0 Å². The molecular formula is C17H32N2O3. The van der Waals surface area contributed by atoms with E-state index >= 15 is 0 Å². The Hall–Kier alpha value is -0.810. The molecule has 2 fully saturated rings. The second-order valence-electron chi connectivity index (χ2n) is 7.57. The van der Waals surface area contributed by atoms with Crippen molar-refractivity contribution < 1.29 is 14.3 Å². The van der Waals surface area contributed by atoms with Crippen molar-refractivity contribution in [2.45, 2.75) is 64.5 Å². The summed E-state index contributed by atoms with van der Waals surface area (Å²) in [5, 5.41) is 3.66. The van der Waals surface area contributed by atoms with Crippen molar-refractivity contribution in [2.75, 3.05) is 32.8 Å².